The third-order valence-electron chi connectivity index (χ3n) is 5.64. The smallest absolute Gasteiger partial charge is 0.180 e. The maximum absolute atomic E-state index is 5.45. The molecule has 0 saturated carbocycles. The van der Waals surface area contributed by atoms with Crippen LogP contribution < -0.4 is 10.2 Å². The van der Waals surface area contributed by atoms with E-state index in [0.717, 1.165) is 59.8 Å². The number of imidazole rings is 1. The lowest BCUT2D eigenvalue weighted by molar-refractivity contribution is 0.122. The summed E-state index contributed by atoms with van der Waals surface area (Å²) in [5.74, 6) is 0.710. The number of aromatic amines is 1. The summed E-state index contributed by atoms with van der Waals surface area (Å²) in [7, 11) is 0. The fraction of sp³-hybridized carbons (Fsp3) is 0.174. The second-order valence-corrected chi connectivity index (χ2v) is 7.54. The number of rotatable bonds is 4. The Kier molecular flexibility index (Phi) is 4.28. The first-order chi connectivity index (χ1) is 15.3. The zero-order chi connectivity index (χ0) is 20.6. The summed E-state index contributed by atoms with van der Waals surface area (Å²) in [5, 5.41) is 11.7. The number of anilines is 3. The Morgan fingerprint density at radius 1 is 1.03 bits per heavy atom. The number of hydrogen-bond donors (Lipinski definition) is 2. The number of ether oxygens (including phenoxy) is 1. The van der Waals surface area contributed by atoms with Gasteiger partial charge in [0.05, 0.1) is 30.6 Å². The molecule has 0 aliphatic carbocycles. The Balaban J connectivity index is 1.36. The Morgan fingerprint density at radius 2 is 1.90 bits per heavy atom. The predicted molar refractivity (Wildman–Crippen MR) is 121 cm³/mol. The van der Waals surface area contributed by atoms with Crippen molar-refractivity contribution in [1.82, 2.24) is 24.6 Å². The number of morpholine rings is 1. The molecule has 0 bridgehead atoms. The van der Waals surface area contributed by atoms with E-state index < -0.39 is 0 Å². The highest BCUT2D eigenvalue weighted by Crippen LogP contribution is 2.29. The van der Waals surface area contributed by atoms with E-state index in [1.807, 2.05) is 35.1 Å². The molecule has 0 spiro atoms. The predicted octanol–water partition coefficient (Wildman–Crippen LogP) is 3.85. The largest absolute Gasteiger partial charge is 0.378 e. The lowest BCUT2D eigenvalue weighted by atomic mass is 10.1. The first-order valence-corrected chi connectivity index (χ1v) is 10.3. The molecule has 0 radical (unpaired) electrons. The zero-order valence-corrected chi connectivity index (χ0v) is 16.8. The molecular formula is C23H21N7O. The molecule has 1 aliphatic heterocycles. The second kappa shape index (κ2) is 7.41. The second-order valence-electron chi connectivity index (χ2n) is 7.54. The van der Waals surface area contributed by atoms with E-state index >= 15 is 0 Å². The van der Waals surface area contributed by atoms with Gasteiger partial charge in [0.1, 0.15) is 0 Å². The van der Waals surface area contributed by atoms with Gasteiger partial charge in [-0.1, -0.05) is 12.1 Å². The molecule has 4 heterocycles. The summed E-state index contributed by atoms with van der Waals surface area (Å²) in [6.45, 7) is 3.39. The van der Waals surface area contributed by atoms with E-state index in [1.54, 1.807) is 6.20 Å². The van der Waals surface area contributed by atoms with E-state index in [2.05, 4.69) is 55.7 Å². The summed E-state index contributed by atoms with van der Waals surface area (Å²) >= 11 is 0. The highest BCUT2D eigenvalue weighted by atomic mass is 16.5. The molecule has 0 unspecified atom stereocenters. The molecule has 6 rings (SSSR count). The van der Waals surface area contributed by atoms with Crippen LogP contribution in [0.3, 0.4) is 0 Å². The SMILES string of the molecule is c1cc(-c2cn3ccnc3c(Nc3ccc(N4CCOCC4)cc3)n2)c2cn[nH]c2c1. The molecule has 0 amide bonds. The number of fused-ring (bicyclic) bond motifs is 2. The number of nitrogens with zero attached hydrogens (tertiary/aromatic N) is 5. The van der Waals surface area contributed by atoms with Crippen molar-refractivity contribution in [2.24, 2.45) is 0 Å². The van der Waals surface area contributed by atoms with Crippen molar-refractivity contribution in [3.05, 3.63) is 67.3 Å². The Morgan fingerprint density at radius 3 is 2.77 bits per heavy atom. The summed E-state index contributed by atoms with van der Waals surface area (Å²) in [6.07, 6.45) is 7.55. The standard InChI is InChI=1S/C23H21N7O/c1-2-18(19-14-25-28-20(19)3-1)21-15-30-9-8-24-23(30)22(27-21)26-16-4-6-17(7-5-16)29-10-12-31-13-11-29/h1-9,14-15H,10-13H2,(H,25,28)(H,26,27). The number of hydrogen-bond acceptors (Lipinski definition) is 6. The van der Waals surface area contributed by atoms with Crippen LogP contribution in [-0.4, -0.2) is 50.9 Å². The molecule has 8 nitrogen and oxygen atoms in total. The van der Waals surface area contributed by atoms with Crippen LogP contribution in [-0.2, 0) is 4.74 Å². The summed E-state index contributed by atoms with van der Waals surface area (Å²) in [6, 6.07) is 14.5. The minimum atomic E-state index is 0.710. The van der Waals surface area contributed by atoms with E-state index in [0.29, 0.717) is 5.82 Å². The van der Waals surface area contributed by atoms with Gasteiger partial charge in [-0.25, -0.2) is 9.97 Å². The van der Waals surface area contributed by atoms with Crippen LogP contribution in [0.1, 0.15) is 0 Å². The van der Waals surface area contributed by atoms with Crippen molar-refractivity contribution in [1.29, 1.82) is 0 Å². The fourth-order valence-electron chi connectivity index (χ4n) is 4.05. The van der Waals surface area contributed by atoms with Crippen LogP contribution in [0.15, 0.2) is 67.3 Å². The van der Waals surface area contributed by atoms with Crippen molar-refractivity contribution in [3.8, 4) is 11.3 Å². The molecule has 2 N–H and O–H groups in total. The Hall–Kier alpha value is -3.91. The molecule has 5 aromatic rings. The van der Waals surface area contributed by atoms with Gasteiger partial charge in [-0.05, 0) is 30.3 Å². The molecule has 8 heteroatoms. The topological polar surface area (TPSA) is 83.4 Å². The van der Waals surface area contributed by atoms with Gasteiger partial charge in [-0.3, -0.25) is 5.10 Å². The van der Waals surface area contributed by atoms with Crippen LogP contribution in [0.25, 0.3) is 27.8 Å². The summed E-state index contributed by atoms with van der Waals surface area (Å²) in [5.41, 5.74) is 5.80. The summed E-state index contributed by atoms with van der Waals surface area (Å²) in [4.78, 5) is 11.7. The fourth-order valence-corrected chi connectivity index (χ4v) is 4.05. The Bertz CT molecular complexity index is 1350. The van der Waals surface area contributed by atoms with E-state index in [-0.39, 0.29) is 0 Å². The first-order valence-electron chi connectivity index (χ1n) is 10.3. The van der Waals surface area contributed by atoms with E-state index in [4.69, 9.17) is 9.72 Å². The highest BCUT2D eigenvalue weighted by molar-refractivity contribution is 5.93. The van der Waals surface area contributed by atoms with Gasteiger partial charge in [0.25, 0.3) is 0 Å². The van der Waals surface area contributed by atoms with Gasteiger partial charge >= 0.3 is 0 Å². The molecule has 1 saturated heterocycles. The van der Waals surface area contributed by atoms with Gasteiger partial charge in [0.15, 0.2) is 11.5 Å². The van der Waals surface area contributed by atoms with Crippen LogP contribution >= 0.6 is 0 Å². The van der Waals surface area contributed by atoms with Crippen LogP contribution in [0, 0.1) is 0 Å². The molecule has 1 aliphatic rings. The third-order valence-corrected chi connectivity index (χ3v) is 5.64. The first kappa shape index (κ1) is 17.9. The van der Waals surface area contributed by atoms with Gasteiger partial charge in [0, 0.05) is 54.0 Å². The number of H-pyrrole nitrogens is 1. The quantitative estimate of drug-likeness (QED) is 0.467. The van der Waals surface area contributed by atoms with Crippen molar-refractivity contribution in [2.45, 2.75) is 0 Å². The molecule has 31 heavy (non-hydrogen) atoms. The lowest BCUT2D eigenvalue weighted by Gasteiger charge is -2.28. The maximum Gasteiger partial charge on any atom is 0.180 e. The van der Waals surface area contributed by atoms with Gasteiger partial charge in [-0.15, -0.1) is 0 Å². The Labute approximate surface area is 178 Å². The molecule has 3 aromatic heterocycles. The van der Waals surface area contributed by atoms with Crippen molar-refractivity contribution in [2.75, 3.05) is 36.5 Å². The average molecular weight is 411 g/mol. The minimum absolute atomic E-state index is 0.710. The molecular weight excluding hydrogens is 390 g/mol. The number of benzene rings is 2. The van der Waals surface area contributed by atoms with Gasteiger partial charge < -0.3 is 19.4 Å². The normalized spacial score (nSPS) is 14.4. The maximum atomic E-state index is 5.45. The number of aromatic nitrogens is 5. The lowest BCUT2D eigenvalue weighted by Crippen LogP contribution is -2.36. The van der Waals surface area contributed by atoms with Crippen molar-refractivity contribution in [3.63, 3.8) is 0 Å². The third kappa shape index (κ3) is 3.27. The zero-order valence-electron chi connectivity index (χ0n) is 16.8. The number of nitrogens with one attached hydrogen (secondary N) is 2. The minimum Gasteiger partial charge on any atom is -0.378 e. The van der Waals surface area contributed by atoms with Crippen molar-refractivity contribution >= 4 is 33.7 Å². The highest BCUT2D eigenvalue weighted by Gasteiger charge is 2.14. The van der Waals surface area contributed by atoms with Crippen LogP contribution in [0.4, 0.5) is 17.2 Å². The monoisotopic (exact) mass is 411 g/mol. The van der Waals surface area contributed by atoms with E-state index in [1.165, 1.54) is 5.69 Å². The molecule has 0 atom stereocenters. The van der Waals surface area contributed by atoms with Crippen LogP contribution in [0.5, 0.6) is 0 Å². The van der Waals surface area contributed by atoms with Gasteiger partial charge in [0.2, 0.25) is 0 Å². The summed E-state index contributed by atoms with van der Waals surface area (Å²) < 4.78 is 7.44. The van der Waals surface area contributed by atoms with Crippen molar-refractivity contribution < 1.29 is 4.74 Å². The molecule has 154 valence electrons. The van der Waals surface area contributed by atoms with Gasteiger partial charge in [-0.2, -0.15) is 5.10 Å². The average Bonchev–Trinajstić information content (AvgIpc) is 3.49. The molecule has 1 fully saturated rings. The van der Waals surface area contributed by atoms with E-state index in [9.17, 15) is 0 Å². The molecule has 2 aromatic carbocycles. The van der Waals surface area contributed by atoms with Crippen LogP contribution in [0.2, 0.25) is 0 Å².